The van der Waals surface area contributed by atoms with E-state index in [4.69, 9.17) is 39.9 Å². The molecule has 4 saturated heterocycles. The van der Waals surface area contributed by atoms with Crippen LogP contribution >= 0.6 is 0 Å². The highest BCUT2D eigenvalue weighted by molar-refractivity contribution is 5.76. The van der Waals surface area contributed by atoms with Gasteiger partial charge in [0.05, 0.1) is 66.5 Å². The van der Waals surface area contributed by atoms with Gasteiger partial charge in [0, 0.05) is 12.5 Å². The average molecular weight is 902 g/mol. The largest absolute Gasteiger partial charge is 0.487 e. The number of nitrogens with one attached hydrogen (secondary N) is 2. The van der Waals surface area contributed by atoms with Gasteiger partial charge in [-0.15, -0.1) is 0 Å². The summed E-state index contributed by atoms with van der Waals surface area (Å²) in [6.07, 6.45) is -8.42. The number of aliphatic imine (C=N–C) groups is 1. The summed E-state index contributed by atoms with van der Waals surface area (Å²) >= 11 is 0. The van der Waals surface area contributed by atoms with Crippen molar-refractivity contribution in [1.29, 1.82) is 0 Å². The van der Waals surface area contributed by atoms with Gasteiger partial charge in [-0.2, -0.15) is 0 Å². The minimum absolute atomic E-state index is 0.146. The Morgan fingerprint density at radius 3 is 1.83 bits per heavy atom. The van der Waals surface area contributed by atoms with Crippen LogP contribution in [0.2, 0.25) is 0 Å². The van der Waals surface area contributed by atoms with Crippen LogP contribution in [0.15, 0.2) is 16.3 Å². The molecule has 0 bridgehead atoms. The number of nitrogens with zero attached hydrogens (tertiary/aromatic N) is 1. The Bertz CT molecular complexity index is 1600. The van der Waals surface area contributed by atoms with E-state index in [9.17, 15) is 35.4 Å². The van der Waals surface area contributed by atoms with Crippen molar-refractivity contribution < 1.29 is 63.9 Å². The van der Waals surface area contributed by atoms with Crippen LogP contribution in [0.25, 0.3) is 0 Å². The van der Waals surface area contributed by atoms with Gasteiger partial charge in [0.2, 0.25) is 5.91 Å². The highest BCUT2D eigenvalue weighted by Gasteiger charge is 2.69. The van der Waals surface area contributed by atoms with Crippen molar-refractivity contribution in [1.82, 2.24) is 10.6 Å². The summed E-state index contributed by atoms with van der Waals surface area (Å²) < 4.78 is 39.9. The quantitative estimate of drug-likeness (QED) is 0.0604. The van der Waals surface area contributed by atoms with Crippen molar-refractivity contribution in [2.75, 3.05) is 19.8 Å². The summed E-state index contributed by atoms with van der Waals surface area (Å²) in [4.78, 5) is 16.9. The van der Waals surface area contributed by atoms with E-state index in [1.807, 2.05) is 76.2 Å². The summed E-state index contributed by atoms with van der Waals surface area (Å²) in [6.45, 7) is 23.0. The van der Waals surface area contributed by atoms with Crippen molar-refractivity contribution in [2.45, 2.75) is 236 Å². The Balaban J connectivity index is 1.74. The first kappa shape index (κ1) is 53.4. The third-order valence-electron chi connectivity index (χ3n) is 15.0. The highest BCUT2D eigenvalue weighted by Crippen LogP contribution is 2.50. The maximum absolute atomic E-state index is 12.5. The number of guanidine groups is 1. The standard InChI is InChI=1S/C45H83N5O13/c1-14-24(43(12,17-4)62-36-27(22-53)59-38(41(8,9)15-2)29(32(36)56)48-23(7)54)34-28(49-40(46)47)31(55)37(25(20-51)58-34)63-44(13,18-5)45(19-6)39-30(50-45)33(57)35(26(21-52)60-39)61-42(10,11)16-3/h25-33,35-39,50-53,55-57H,14-22H2,1-13H3,(H,48,54)(H4,46,47,49)/b34-24+. The first-order valence-electron chi connectivity index (χ1n) is 23.1. The third kappa shape index (κ3) is 10.2. The van der Waals surface area contributed by atoms with Crippen molar-refractivity contribution in [3.8, 4) is 0 Å². The van der Waals surface area contributed by atoms with Crippen LogP contribution < -0.4 is 22.1 Å². The van der Waals surface area contributed by atoms with E-state index in [0.29, 0.717) is 37.7 Å². The molecule has 17 atom stereocenters. The fourth-order valence-electron chi connectivity index (χ4n) is 10.2. The van der Waals surface area contributed by atoms with Gasteiger partial charge in [-0.05, 0) is 71.6 Å². The first-order chi connectivity index (χ1) is 29.4. The molecule has 366 valence electrons. The number of carbonyl (C=O) groups excluding carboxylic acids is 1. The van der Waals surface area contributed by atoms with Crippen molar-refractivity contribution in [2.24, 2.45) is 21.9 Å². The maximum Gasteiger partial charge on any atom is 0.217 e. The molecule has 18 nitrogen and oxygen atoms in total. The summed E-state index contributed by atoms with van der Waals surface area (Å²) in [5.74, 6) is -0.561. The number of ether oxygens (including phenoxy) is 6. The van der Waals surface area contributed by atoms with Crippen molar-refractivity contribution in [3.05, 3.63) is 11.3 Å². The smallest absolute Gasteiger partial charge is 0.217 e. The normalized spacial score (nSPS) is 38.8. The van der Waals surface area contributed by atoms with Gasteiger partial charge in [0.25, 0.3) is 0 Å². The van der Waals surface area contributed by atoms with Gasteiger partial charge in [-0.3, -0.25) is 10.1 Å². The van der Waals surface area contributed by atoms with Gasteiger partial charge < -0.3 is 75.8 Å². The molecule has 4 aliphatic rings. The fraction of sp³-hybridized carbons (Fsp3) is 0.911. The van der Waals surface area contributed by atoms with E-state index < -0.39 is 126 Å². The van der Waals surface area contributed by atoms with Crippen molar-refractivity contribution in [3.63, 3.8) is 0 Å². The number of aliphatic hydroxyl groups excluding tert-OH is 6. The van der Waals surface area contributed by atoms with E-state index >= 15 is 0 Å². The SMILES string of the molecule is CC/C(=C1\OC(CO)C(OC(C)(CC)C2(CC)NC3C(O)C(OC(C)(C)CC)C(CO)OC32)C(O)C1N=C(N)N)C(C)(CC)OC1C(CO)OC(C(C)(C)CC)C(NC(C)=O)C1O. The molecule has 0 radical (unpaired) electrons. The zero-order chi connectivity index (χ0) is 47.6. The van der Waals surface area contributed by atoms with E-state index in [-0.39, 0.29) is 30.7 Å². The van der Waals surface area contributed by atoms with Crippen LogP contribution in [-0.2, 0) is 33.2 Å². The molecule has 0 saturated carbocycles. The summed E-state index contributed by atoms with van der Waals surface area (Å²) in [7, 11) is 0. The van der Waals surface area contributed by atoms with Gasteiger partial charge in [0.15, 0.2) is 5.96 Å². The Morgan fingerprint density at radius 2 is 1.35 bits per heavy atom. The number of amides is 1. The second-order valence-electron chi connectivity index (χ2n) is 19.7. The zero-order valence-corrected chi connectivity index (χ0v) is 40.1. The minimum Gasteiger partial charge on any atom is -0.487 e. The maximum atomic E-state index is 12.5. The number of hydrogen-bond donors (Lipinski definition) is 10. The lowest BCUT2D eigenvalue weighted by Crippen LogP contribution is -2.89. The van der Waals surface area contributed by atoms with Crippen LogP contribution in [0, 0.1) is 5.41 Å². The van der Waals surface area contributed by atoms with Gasteiger partial charge in [-0.1, -0.05) is 55.4 Å². The van der Waals surface area contributed by atoms with E-state index in [2.05, 4.69) is 15.6 Å². The molecule has 12 N–H and O–H groups in total. The second kappa shape index (κ2) is 20.8. The predicted octanol–water partition coefficient (Wildman–Crippen LogP) is 1.03. The zero-order valence-electron chi connectivity index (χ0n) is 40.1. The lowest BCUT2D eigenvalue weighted by Gasteiger charge is -2.67. The lowest BCUT2D eigenvalue weighted by molar-refractivity contribution is -0.320. The summed E-state index contributed by atoms with van der Waals surface area (Å²) in [6, 6.07) is -2.68. The minimum atomic E-state index is -1.49. The Kier molecular flexibility index (Phi) is 17.6. The van der Waals surface area contributed by atoms with Crippen LogP contribution in [-0.4, -0.2) is 170 Å². The third-order valence-corrected chi connectivity index (χ3v) is 15.0. The molecule has 63 heavy (non-hydrogen) atoms. The number of carbonyl (C=O) groups is 1. The van der Waals surface area contributed by atoms with Gasteiger partial charge in [0.1, 0.15) is 66.7 Å². The van der Waals surface area contributed by atoms with Gasteiger partial charge in [-0.25, -0.2) is 4.99 Å². The molecule has 4 heterocycles. The Labute approximate surface area is 374 Å². The van der Waals surface area contributed by atoms with Crippen molar-refractivity contribution >= 4 is 11.9 Å². The lowest BCUT2D eigenvalue weighted by atomic mass is 9.61. The fourth-order valence-corrected chi connectivity index (χ4v) is 10.2. The monoisotopic (exact) mass is 902 g/mol. The molecule has 4 aliphatic heterocycles. The molecular weight excluding hydrogens is 819 g/mol. The molecule has 4 rings (SSSR count). The number of rotatable bonds is 20. The highest BCUT2D eigenvalue weighted by atomic mass is 16.6. The molecule has 0 aromatic carbocycles. The van der Waals surface area contributed by atoms with Crippen LogP contribution in [0.3, 0.4) is 0 Å². The number of nitrogens with two attached hydrogens (primary N) is 2. The topological polar surface area (TPSA) is 282 Å². The Morgan fingerprint density at radius 1 is 0.778 bits per heavy atom. The van der Waals surface area contributed by atoms with E-state index in [1.165, 1.54) is 6.92 Å². The van der Waals surface area contributed by atoms with Crippen LogP contribution in [0.5, 0.6) is 0 Å². The molecule has 4 fully saturated rings. The first-order valence-corrected chi connectivity index (χ1v) is 23.1. The molecule has 0 aromatic heterocycles. The predicted molar refractivity (Wildman–Crippen MR) is 236 cm³/mol. The molecule has 0 aromatic rings. The van der Waals surface area contributed by atoms with E-state index in [1.54, 1.807) is 6.92 Å². The number of hydrogen-bond acceptors (Lipinski definition) is 15. The molecule has 0 spiro atoms. The number of aliphatic hydroxyl groups is 6. The summed E-state index contributed by atoms with van der Waals surface area (Å²) in [5.41, 5.74) is 8.17. The molecular formula is C45H83N5O13. The van der Waals surface area contributed by atoms with E-state index in [0.717, 1.165) is 0 Å². The molecule has 0 aliphatic carbocycles. The summed E-state index contributed by atoms with van der Waals surface area (Å²) in [5, 5.41) is 74.7. The second-order valence-corrected chi connectivity index (χ2v) is 19.7. The number of fused-ring (bicyclic) bond motifs is 1. The molecule has 18 heteroatoms. The van der Waals surface area contributed by atoms with Gasteiger partial charge >= 0.3 is 0 Å². The molecule has 17 unspecified atom stereocenters. The average Bonchev–Trinajstić information content (AvgIpc) is 3.23. The molecule has 1 amide bonds. The Hall–Kier alpha value is -2.20. The van der Waals surface area contributed by atoms with Crippen LogP contribution in [0.4, 0.5) is 0 Å². The van der Waals surface area contributed by atoms with Crippen LogP contribution in [0.1, 0.15) is 129 Å².